The lowest BCUT2D eigenvalue weighted by molar-refractivity contribution is 0.0988. The number of aryl methyl sites for hydroxylation is 1. The molecule has 0 aliphatic carbocycles. The first-order valence-corrected chi connectivity index (χ1v) is 10.2. The minimum absolute atomic E-state index is 0.0350. The van der Waals surface area contributed by atoms with Gasteiger partial charge < -0.3 is 20.2 Å². The summed E-state index contributed by atoms with van der Waals surface area (Å²) >= 11 is 1.40. The molecule has 2 aliphatic heterocycles. The summed E-state index contributed by atoms with van der Waals surface area (Å²) in [6, 6.07) is 3.81. The van der Waals surface area contributed by atoms with Crippen LogP contribution in [0.3, 0.4) is 0 Å². The molecule has 4 heterocycles. The molecule has 28 heavy (non-hydrogen) atoms. The molecule has 2 aromatic rings. The van der Waals surface area contributed by atoms with Crippen LogP contribution in [0.4, 0.5) is 15.6 Å². The van der Waals surface area contributed by atoms with Gasteiger partial charge in [0.1, 0.15) is 4.88 Å². The Labute approximate surface area is 167 Å². The van der Waals surface area contributed by atoms with Gasteiger partial charge in [0.15, 0.2) is 5.13 Å². The van der Waals surface area contributed by atoms with Crippen molar-refractivity contribution in [3.05, 3.63) is 35.1 Å². The summed E-state index contributed by atoms with van der Waals surface area (Å²) in [5.74, 6) is -0.0350. The lowest BCUT2D eigenvalue weighted by Gasteiger charge is -2.28. The molecule has 2 aromatic heterocycles. The van der Waals surface area contributed by atoms with Crippen LogP contribution in [-0.2, 0) is 6.42 Å². The van der Waals surface area contributed by atoms with Gasteiger partial charge in [-0.25, -0.2) is 9.78 Å². The van der Waals surface area contributed by atoms with Gasteiger partial charge in [0.2, 0.25) is 0 Å². The molecule has 1 saturated heterocycles. The van der Waals surface area contributed by atoms with Crippen molar-refractivity contribution >= 4 is 34.2 Å². The molecule has 1 atom stereocenters. The SMILES string of the molecule is CC1(CNC(=O)O)CCN(c2ncc(C(=O)N3CCCc4ncccc43)s2)C1. The molecule has 1 unspecified atom stereocenters. The number of pyridine rings is 1. The van der Waals surface area contributed by atoms with Crippen molar-refractivity contribution in [3.8, 4) is 0 Å². The Kier molecular flexibility index (Phi) is 4.92. The Morgan fingerprint density at radius 1 is 1.36 bits per heavy atom. The molecule has 0 saturated carbocycles. The molecule has 2 amide bonds. The van der Waals surface area contributed by atoms with E-state index in [-0.39, 0.29) is 11.3 Å². The second-order valence-electron chi connectivity index (χ2n) is 7.68. The lowest BCUT2D eigenvalue weighted by atomic mass is 9.90. The number of amides is 2. The zero-order valence-corrected chi connectivity index (χ0v) is 16.5. The van der Waals surface area contributed by atoms with Gasteiger partial charge in [0.25, 0.3) is 5.91 Å². The van der Waals surface area contributed by atoms with Crippen molar-refractivity contribution in [1.82, 2.24) is 15.3 Å². The van der Waals surface area contributed by atoms with Gasteiger partial charge in [-0.3, -0.25) is 9.78 Å². The van der Waals surface area contributed by atoms with Gasteiger partial charge in [-0.2, -0.15) is 0 Å². The Morgan fingerprint density at radius 2 is 2.21 bits per heavy atom. The fraction of sp³-hybridized carbons (Fsp3) is 0.474. The van der Waals surface area contributed by atoms with E-state index in [0.29, 0.717) is 24.5 Å². The normalized spacial score (nSPS) is 21.5. The minimum Gasteiger partial charge on any atom is -0.465 e. The third-order valence-electron chi connectivity index (χ3n) is 5.40. The summed E-state index contributed by atoms with van der Waals surface area (Å²) < 4.78 is 0. The molecule has 2 N–H and O–H groups in total. The minimum atomic E-state index is -1.00. The highest BCUT2D eigenvalue weighted by Gasteiger charge is 2.36. The average Bonchev–Trinajstić information content (AvgIpc) is 3.33. The quantitative estimate of drug-likeness (QED) is 0.817. The lowest BCUT2D eigenvalue weighted by Crippen LogP contribution is -2.37. The Morgan fingerprint density at radius 3 is 3.04 bits per heavy atom. The molecule has 148 valence electrons. The van der Waals surface area contributed by atoms with E-state index in [1.807, 2.05) is 12.1 Å². The summed E-state index contributed by atoms with van der Waals surface area (Å²) in [6.07, 6.45) is 5.09. The number of carbonyl (C=O) groups is 2. The van der Waals surface area contributed by atoms with E-state index < -0.39 is 6.09 Å². The first kappa shape index (κ1) is 18.7. The monoisotopic (exact) mass is 401 g/mol. The van der Waals surface area contributed by atoms with E-state index >= 15 is 0 Å². The average molecular weight is 401 g/mol. The number of hydrogen-bond acceptors (Lipinski definition) is 6. The highest BCUT2D eigenvalue weighted by Crippen LogP contribution is 2.35. The van der Waals surface area contributed by atoms with Gasteiger partial charge in [0.05, 0.1) is 17.6 Å². The summed E-state index contributed by atoms with van der Waals surface area (Å²) in [6.45, 7) is 4.68. The number of thiazole rings is 1. The summed E-state index contributed by atoms with van der Waals surface area (Å²) in [5, 5.41) is 12.1. The fourth-order valence-electron chi connectivity index (χ4n) is 3.87. The third kappa shape index (κ3) is 3.66. The maximum absolute atomic E-state index is 13.1. The highest BCUT2D eigenvalue weighted by molar-refractivity contribution is 7.17. The van der Waals surface area contributed by atoms with Gasteiger partial charge >= 0.3 is 6.09 Å². The van der Waals surface area contributed by atoms with Crippen molar-refractivity contribution in [2.24, 2.45) is 5.41 Å². The number of anilines is 2. The van der Waals surface area contributed by atoms with Crippen LogP contribution in [0, 0.1) is 5.41 Å². The van der Waals surface area contributed by atoms with Gasteiger partial charge in [-0.05, 0) is 31.4 Å². The second kappa shape index (κ2) is 7.38. The van der Waals surface area contributed by atoms with E-state index in [1.54, 1.807) is 17.3 Å². The van der Waals surface area contributed by atoms with Crippen molar-refractivity contribution in [3.63, 3.8) is 0 Å². The zero-order valence-electron chi connectivity index (χ0n) is 15.7. The Hall–Kier alpha value is -2.68. The van der Waals surface area contributed by atoms with Gasteiger partial charge in [0, 0.05) is 37.8 Å². The van der Waals surface area contributed by atoms with Crippen molar-refractivity contribution in [1.29, 1.82) is 0 Å². The molecular weight excluding hydrogens is 378 g/mol. The first-order valence-electron chi connectivity index (χ1n) is 9.39. The molecule has 0 radical (unpaired) electrons. The van der Waals surface area contributed by atoms with Crippen LogP contribution in [0.1, 0.15) is 35.1 Å². The number of rotatable bonds is 4. The van der Waals surface area contributed by atoms with E-state index in [0.717, 1.165) is 42.3 Å². The van der Waals surface area contributed by atoms with Crippen LogP contribution >= 0.6 is 11.3 Å². The van der Waals surface area contributed by atoms with E-state index in [2.05, 4.69) is 27.1 Å². The summed E-state index contributed by atoms with van der Waals surface area (Å²) in [7, 11) is 0. The van der Waals surface area contributed by atoms with E-state index in [9.17, 15) is 9.59 Å². The fourth-order valence-corrected chi connectivity index (χ4v) is 4.76. The number of carboxylic acid groups (broad SMARTS) is 1. The van der Waals surface area contributed by atoms with Crippen LogP contribution in [-0.4, -0.2) is 53.3 Å². The summed E-state index contributed by atoms with van der Waals surface area (Å²) in [4.78, 5) is 37.3. The maximum Gasteiger partial charge on any atom is 0.404 e. The van der Waals surface area contributed by atoms with Crippen molar-refractivity contribution in [2.75, 3.05) is 36.0 Å². The number of carbonyl (C=O) groups excluding carboxylic acids is 1. The Balaban J connectivity index is 1.47. The van der Waals surface area contributed by atoms with Crippen LogP contribution in [0.2, 0.25) is 0 Å². The first-order chi connectivity index (χ1) is 13.5. The van der Waals surface area contributed by atoms with E-state index in [1.165, 1.54) is 11.3 Å². The molecule has 8 nitrogen and oxygen atoms in total. The predicted octanol–water partition coefficient (Wildman–Crippen LogP) is 2.62. The van der Waals surface area contributed by atoms with Crippen LogP contribution in [0.25, 0.3) is 0 Å². The van der Waals surface area contributed by atoms with Gasteiger partial charge in [-0.15, -0.1) is 0 Å². The molecule has 9 heteroatoms. The molecule has 0 bridgehead atoms. The zero-order chi connectivity index (χ0) is 19.7. The molecule has 0 spiro atoms. The van der Waals surface area contributed by atoms with E-state index in [4.69, 9.17) is 5.11 Å². The standard InChI is InChI=1S/C19H23N5O3S/c1-19(11-22-18(26)27)6-9-23(12-19)17-21-10-15(28-17)16(25)24-8-3-4-13-14(24)5-2-7-20-13/h2,5,7,10,22H,3-4,6,8-9,11-12H2,1H3,(H,26,27). The topological polar surface area (TPSA) is 98.7 Å². The molecular formula is C19H23N5O3S. The number of aromatic nitrogens is 2. The Bertz CT molecular complexity index is 901. The van der Waals surface area contributed by atoms with Crippen molar-refractivity contribution < 1.29 is 14.7 Å². The van der Waals surface area contributed by atoms with Crippen LogP contribution in [0.5, 0.6) is 0 Å². The molecule has 0 aromatic carbocycles. The largest absolute Gasteiger partial charge is 0.465 e. The number of hydrogen-bond donors (Lipinski definition) is 2. The van der Waals surface area contributed by atoms with Crippen LogP contribution < -0.4 is 15.1 Å². The molecule has 2 aliphatic rings. The number of nitrogens with one attached hydrogen (secondary N) is 1. The van der Waals surface area contributed by atoms with Crippen LogP contribution in [0.15, 0.2) is 24.5 Å². The molecule has 1 fully saturated rings. The third-order valence-corrected chi connectivity index (χ3v) is 6.44. The molecule has 4 rings (SSSR count). The number of nitrogens with zero attached hydrogens (tertiary/aromatic N) is 4. The van der Waals surface area contributed by atoms with Crippen molar-refractivity contribution in [2.45, 2.75) is 26.2 Å². The maximum atomic E-state index is 13.1. The smallest absolute Gasteiger partial charge is 0.404 e. The highest BCUT2D eigenvalue weighted by atomic mass is 32.1. The number of fused-ring (bicyclic) bond motifs is 1. The second-order valence-corrected chi connectivity index (χ2v) is 8.69. The predicted molar refractivity (Wildman–Crippen MR) is 107 cm³/mol. The summed E-state index contributed by atoms with van der Waals surface area (Å²) in [5.41, 5.74) is 1.72. The van der Waals surface area contributed by atoms with Gasteiger partial charge in [-0.1, -0.05) is 18.3 Å².